The standard InChI is InChI=1S/C17H20N4O3S/c1-23-14-8-13(10-21-7-3-6-18-21)9-15-16(14)17(19-24-15)20-25(22)11-12-4-2-5-12/h3,6-9,12H,2,4-5,10-11H2,1H3,(H,19,20). The summed E-state index contributed by atoms with van der Waals surface area (Å²) in [5.74, 6) is 2.31. The van der Waals surface area contributed by atoms with Crippen molar-refractivity contribution in [3.8, 4) is 5.75 Å². The van der Waals surface area contributed by atoms with E-state index < -0.39 is 11.0 Å². The average Bonchev–Trinajstić information content (AvgIpc) is 3.21. The van der Waals surface area contributed by atoms with Crippen LogP contribution < -0.4 is 9.46 Å². The molecule has 1 N–H and O–H groups in total. The number of hydrogen-bond acceptors (Lipinski definition) is 5. The summed E-state index contributed by atoms with van der Waals surface area (Å²) in [6.07, 6.45) is 7.19. The van der Waals surface area contributed by atoms with Crippen LogP contribution in [0.2, 0.25) is 0 Å². The highest BCUT2D eigenvalue weighted by atomic mass is 32.2. The summed E-state index contributed by atoms with van der Waals surface area (Å²) in [6.45, 7) is 0.608. The van der Waals surface area contributed by atoms with Gasteiger partial charge in [-0.2, -0.15) is 5.10 Å². The molecule has 0 saturated heterocycles. The zero-order valence-corrected chi connectivity index (χ0v) is 14.8. The van der Waals surface area contributed by atoms with Gasteiger partial charge in [-0.25, -0.2) is 4.21 Å². The van der Waals surface area contributed by atoms with Gasteiger partial charge in [-0.05, 0) is 42.5 Å². The smallest absolute Gasteiger partial charge is 0.192 e. The fourth-order valence-corrected chi connectivity index (χ4v) is 4.22. The van der Waals surface area contributed by atoms with Gasteiger partial charge in [-0.15, -0.1) is 0 Å². The first-order valence-electron chi connectivity index (χ1n) is 8.31. The molecule has 1 atom stereocenters. The minimum Gasteiger partial charge on any atom is -0.496 e. The fraction of sp³-hybridized carbons (Fsp3) is 0.412. The third-order valence-corrected chi connectivity index (χ3v) is 5.74. The molecular weight excluding hydrogens is 340 g/mol. The zero-order chi connectivity index (χ0) is 17.2. The van der Waals surface area contributed by atoms with Crippen molar-refractivity contribution in [2.75, 3.05) is 17.6 Å². The summed E-state index contributed by atoms with van der Waals surface area (Å²) < 4.78 is 28.1. The summed E-state index contributed by atoms with van der Waals surface area (Å²) in [5.41, 5.74) is 1.59. The number of fused-ring (bicyclic) bond motifs is 1. The van der Waals surface area contributed by atoms with Crippen LogP contribution in [0, 0.1) is 5.92 Å². The summed E-state index contributed by atoms with van der Waals surface area (Å²) in [4.78, 5) is 0. The highest BCUT2D eigenvalue weighted by Gasteiger charge is 2.22. The number of hydrogen-bond donors (Lipinski definition) is 1. The number of methoxy groups -OCH3 is 1. The Bertz CT molecular complexity index is 887. The Morgan fingerprint density at radius 3 is 3.00 bits per heavy atom. The molecule has 7 nitrogen and oxygen atoms in total. The average molecular weight is 360 g/mol. The second-order valence-corrected chi connectivity index (χ2v) is 7.55. The van der Waals surface area contributed by atoms with Crippen molar-refractivity contribution in [3.63, 3.8) is 0 Å². The molecule has 0 aliphatic heterocycles. The Labute approximate surface area is 147 Å². The number of nitrogens with one attached hydrogen (secondary N) is 1. The van der Waals surface area contributed by atoms with Gasteiger partial charge in [0.1, 0.15) is 22.1 Å². The molecule has 1 fully saturated rings. The first-order valence-corrected chi connectivity index (χ1v) is 9.63. The van der Waals surface area contributed by atoms with Crippen molar-refractivity contribution >= 4 is 27.8 Å². The molecule has 1 aromatic carbocycles. The van der Waals surface area contributed by atoms with Gasteiger partial charge in [0.15, 0.2) is 11.4 Å². The van der Waals surface area contributed by atoms with Crippen LogP contribution in [0.5, 0.6) is 5.75 Å². The fourth-order valence-electron chi connectivity index (χ4n) is 3.02. The minimum atomic E-state index is -1.17. The molecule has 3 aromatic rings. The molecule has 8 heteroatoms. The SMILES string of the molecule is COc1cc(Cn2cccn2)cc2onc(NS(=O)CC3CCC3)c12. The van der Waals surface area contributed by atoms with Crippen LogP contribution in [0.25, 0.3) is 11.0 Å². The van der Waals surface area contributed by atoms with E-state index in [1.807, 2.05) is 29.1 Å². The van der Waals surface area contributed by atoms with Crippen molar-refractivity contribution in [2.45, 2.75) is 25.8 Å². The Morgan fingerprint density at radius 2 is 2.32 bits per heavy atom. The summed E-state index contributed by atoms with van der Waals surface area (Å²) >= 11 is 0. The van der Waals surface area contributed by atoms with Gasteiger partial charge in [0.05, 0.1) is 13.7 Å². The van der Waals surface area contributed by atoms with Crippen molar-refractivity contribution in [1.82, 2.24) is 14.9 Å². The van der Waals surface area contributed by atoms with Gasteiger partial charge in [-0.3, -0.25) is 9.40 Å². The third kappa shape index (κ3) is 3.39. The number of benzene rings is 1. The van der Waals surface area contributed by atoms with E-state index in [2.05, 4.69) is 15.0 Å². The molecule has 4 rings (SSSR count). The van der Waals surface area contributed by atoms with Crippen LogP contribution in [-0.4, -0.2) is 32.0 Å². The zero-order valence-electron chi connectivity index (χ0n) is 14.0. The summed E-state index contributed by atoms with van der Waals surface area (Å²) in [7, 11) is 0.438. The van der Waals surface area contributed by atoms with Crippen molar-refractivity contribution in [1.29, 1.82) is 0 Å². The van der Waals surface area contributed by atoms with Crippen molar-refractivity contribution in [3.05, 3.63) is 36.2 Å². The number of ether oxygens (including phenoxy) is 1. The highest BCUT2D eigenvalue weighted by molar-refractivity contribution is 7.86. The maximum Gasteiger partial charge on any atom is 0.192 e. The molecule has 1 aliphatic rings. The molecule has 1 unspecified atom stereocenters. The quantitative estimate of drug-likeness (QED) is 0.700. The molecule has 2 heterocycles. The van der Waals surface area contributed by atoms with E-state index in [4.69, 9.17) is 9.26 Å². The van der Waals surface area contributed by atoms with Crippen molar-refractivity contribution < 1.29 is 13.5 Å². The van der Waals surface area contributed by atoms with Crippen LogP contribution in [-0.2, 0) is 17.5 Å². The van der Waals surface area contributed by atoms with Gasteiger partial charge in [0, 0.05) is 18.1 Å². The number of rotatable bonds is 7. The van der Waals surface area contributed by atoms with Gasteiger partial charge >= 0.3 is 0 Å². The van der Waals surface area contributed by atoms with Crippen LogP contribution in [0.3, 0.4) is 0 Å². The molecule has 132 valence electrons. The molecular formula is C17H20N4O3S. The lowest BCUT2D eigenvalue weighted by Gasteiger charge is -2.24. The van der Waals surface area contributed by atoms with Gasteiger partial charge in [0.25, 0.3) is 0 Å². The molecule has 0 spiro atoms. The molecule has 2 aromatic heterocycles. The Morgan fingerprint density at radius 1 is 1.44 bits per heavy atom. The van der Waals surface area contributed by atoms with Crippen LogP contribution in [0.4, 0.5) is 5.82 Å². The van der Waals surface area contributed by atoms with Crippen LogP contribution in [0.1, 0.15) is 24.8 Å². The number of aromatic nitrogens is 3. The van der Waals surface area contributed by atoms with Crippen LogP contribution in [0.15, 0.2) is 35.1 Å². The lowest BCUT2D eigenvalue weighted by molar-refractivity contribution is 0.351. The van der Waals surface area contributed by atoms with Gasteiger partial charge in [-0.1, -0.05) is 11.6 Å². The Hall–Kier alpha value is -2.35. The second-order valence-electron chi connectivity index (χ2n) is 6.32. The topological polar surface area (TPSA) is 82.2 Å². The molecule has 0 amide bonds. The van der Waals surface area contributed by atoms with E-state index in [9.17, 15) is 4.21 Å². The summed E-state index contributed by atoms with van der Waals surface area (Å²) in [6, 6.07) is 5.72. The summed E-state index contributed by atoms with van der Waals surface area (Å²) in [5, 5.41) is 8.98. The van der Waals surface area contributed by atoms with Gasteiger partial charge in [0.2, 0.25) is 0 Å². The number of anilines is 1. The third-order valence-electron chi connectivity index (χ3n) is 4.54. The first-order chi connectivity index (χ1) is 12.2. The Balaban J connectivity index is 1.59. The molecule has 1 aliphatic carbocycles. The predicted molar refractivity (Wildman–Crippen MR) is 95.9 cm³/mol. The van der Waals surface area contributed by atoms with E-state index in [-0.39, 0.29) is 0 Å². The second kappa shape index (κ2) is 6.87. The van der Waals surface area contributed by atoms with E-state index in [1.165, 1.54) is 6.42 Å². The largest absolute Gasteiger partial charge is 0.496 e. The maximum absolute atomic E-state index is 12.3. The van der Waals surface area contributed by atoms with Crippen molar-refractivity contribution in [2.24, 2.45) is 5.92 Å². The maximum atomic E-state index is 12.3. The number of nitrogens with zero attached hydrogens (tertiary/aromatic N) is 3. The minimum absolute atomic E-state index is 0.468. The lowest BCUT2D eigenvalue weighted by Crippen LogP contribution is -2.22. The lowest BCUT2D eigenvalue weighted by atomic mass is 9.87. The molecule has 1 saturated carbocycles. The van der Waals surface area contributed by atoms with Gasteiger partial charge < -0.3 is 9.26 Å². The van der Waals surface area contributed by atoms with E-state index in [0.29, 0.717) is 40.8 Å². The normalized spacial score (nSPS) is 15.9. The molecule has 25 heavy (non-hydrogen) atoms. The monoisotopic (exact) mass is 360 g/mol. The Kier molecular flexibility index (Phi) is 4.44. The highest BCUT2D eigenvalue weighted by Crippen LogP contribution is 2.34. The van der Waals surface area contributed by atoms with E-state index >= 15 is 0 Å². The van der Waals surface area contributed by atoms with Crippen LogP contribution >= 0.6 is 0 Å². The predicted octanol–water partition coefficient (Wildman–Crippen LogP) is 2.96. The van der Waals surface area contributed by atoms with E-state index in [1.54, 1.807) is 13.3 Å². The van der Waals surface area contributed by atoms with E-state index in [0.717, 1.165) is 18.4 Å². The molecule has 0 bridgehead atoms. The molecule has 0 radical (unpaired) electrons. The first kappa shape index (κ1) is 16.1.